The Morgan fingerprint density at radius 1 is 1.50 bits per heavy atom. The Labute approximate surface area is 93.5 Å². The van der Waals surface area contributed by atoms with Crippen LogP contribution in [0.25, 0.3) is 11.3 Å². The van der Waals surface area contributed by atoms with Crippen molar-refractivity contribution in [2.45, 2.75) is 0 Å². The van der Waals surface area contributed by atoms with Gasteiger partial charge >= 0.3 is 0 Å². The van der Waals surface area contributed by atoms with E-state index in [9.17, 15) is 14.5 Å². The third-order valence-electron chi connectivity index (χ3n) is 1.97. The molecule has 0 aliphatic carbocycles. The van der Waals surface area contributed by atoms with Crippen LogP contribution in [0.5, 0.6) is 0 Å². The maximum absolute atomic E-state index is 13.5. The van der Waals surface area contributed by atoms with Gasteiger partial charge in [0.05, 0.1) is 10.6 Å². The Morgan fingerprint density at radius 2 is 2.25 bits per heavy atom. The molecule has 0 amide bonds. The lowest BCUT2D eigenvalue weighted by Gasteiger charge is -2.00. The highest BCUT2D eigenvalue weighted by molar-refractivity contribution is 7.13. The second kappa shape index (κ2) is 3.86. The molecule has 16 heavy (non-hydrogen) atoms. The SMILES string of the molecule is Nc1nc(-c2c(F)cccc2[N+](=O)[O-])cs1. The van der Waals surface area contributed by atoms with E-state index in [0.717, 1.165) is 17.4 Å². The summed E-state index contributed by atoms with van der Waals surface area (Å²) in [5.41, 5.74) is 5.16. The molecule has 0 aliphatic heterocycles. The number of anilines is 1. The van der Waals surface area contributed by atoms with Crippen molar-refractivity contribution in [1.29, 1.82) is 0 Å². The molecule has 2 aromatic rings. The highest BCUT2D eigenvalue weighted by Crippen LogP contribution is 2.33. The molecule has 0 spiro atoms. The molecule has 1 aromatic carbocycles. The van der Waals surface area contributed by atoms with Gasteiger partial charge in [0.1, 0.15) is 11.4 Å². The minimum Gasteiger partial charge on any atom is -0.375 e. The van der Waals surface area contributed by atoms with E-state index in [-0.39, 0.29) is 22.1 Å². The fourth-order valence-electron chi connectivity index (χ4n) is 1.32. The number of nitro groups is 1. The number of hydrogen-bond acceptors (Lipinski definition) is 5. The number of aromatic nitrogens is 1. The number of nitrogen functional groups attached to an aromatic ring is 1. The molecule has 0 saturated carbocycles. The molecule has 1 heterocycles. The summed E-state index contributed by atoms with van der Waals surface area (Å²) < 4.78 is 13.5. The molecule has 5 nitrogen and oxygen atoms in total. The topological polar surface area (TPSA) is 82.0 Å². The first-order valence-electron chi connectivity index (χ1n) is 4.24. The van der Waals surface area contributed by atoms with Crippen LogP contribution in [0.3, 0.4) is 0 Å². The Hall–Kier alpha value is -2.02. The monoisotopic (exact) mass is 239 g/mol. The van der Waals surface area contributed by atoms with Crippen LogP contribution >= 0.6 is 11.3 Å². The molecule has 7 heteroatoms. The molecule has 0 atom stereocenters. The predicted octanol–water partition coefficient (Wildman–Crippen LogP) is 2.44. The van der Waals surface area contributed by atoms with E-state index in [0.29, 0.717) is 0 Å². The van der Waals surface area contributed by atoms with Gasteiger partial charge in [0.25, 0.3) is 5.69 Å². The fraction of sp³-hybridized carbons (Fsp3) is 0. The summed E-state index contributed by atoms with van der Waals surface area (Å²) in [4.78, 5) is 13.9. The van der Waals surface area contributed by atoms with Crippen LogP contribution in [-0.2, 0) is 0 Å². The van der Waals surface area contributed by atoms with Crippen LogP contribution in [0.2, 0.25) is 0 Å². The minimum absolute atomic E-state index is 0.125. The number of hydrogen-bond donors (Lipinski definition) is 1. The summed E-state index contributed by atoms with van der Waals surface area (Å²) in [6.45, 7) is 0. The molecule has 0 fully saturated rings. The van der Waals surface area contributed by atoms with Crippen molar-refractivity contribution in [2.24, 2.45) is 0 Å². The molecule has 1 aromatic heterocycles. The molecule has 2 N–H and O–H groups in total. The number of rotatable bonds is 2. The van der Waals surface area contributed by atoms with Crippen LogP contribution in [0.15, 0.2) is 23.6 Å². The van der Waals surface area contributed by atoms with E-state index in [1.807, 2.05) is 0 Å². The largest absolute Gasteiger partial charge is 0.375 e. The molecule has 0 aliphatic rings. The first-order chi connectivity index (χ1) is 7.59. The Bertz CT molecular complexity index is 555. The molecule has 0 unspecified atom stereocenters. The Kier molecular flexibility index (Phi) is 2.53. The number of nitrogens with two attached hydrogens (primary N) is 1. The summed E-state index contributed by atoms with van der Waals surface area (Å²) in [6.07, 6.45) is 0. The van der Waals surface area contributed by atoms with Crippen molar-refractivity contribution >= 4 is 22.2 Å². The number of halogens is 1. The summed E-state index contributed by atoms with van der Waals surface area (Å²) in [7, 11) is 0. The lowest BCUT2D eigenvalue weighted by molar-refractivity contribution is -0.384. The first-order valence-corrected chi connectivity index (χ1v) is 5.12. The van der Waals surface area contributed by atoms with Gasteiger partial charge in [-0.05, 0) is 6.07 Å². The Morgan fingerprint density at radius 3 is 2.81 bits per heavy atom. The third kappa shape index (κ3) is 1.72. The lowest BCUT2D eigenvalue weighted by atomic mass is 10.1. The van der Waals surface area contributed by atoms with E-state index >= 15 is 0 Å². The second-order valence-electron chi connectivity index (χ2n) is 2.96. The van der Waals surface area contributed by atoms with E-state index in [4.69, 9.17) is 5.73 Å². The number of nitro benzene ring substituents is 1. The van der Waals surface area contributed by atoms with Crippen LogP contribution in [0.1, 0.15) is 0 Å². The van der Waals surface area contributed by atoms with Crippen molar-refractivity contribution in [3.05, 3.63) is 39.5 Å². The van der Waals surface area contributed by atoms with Crippen molar-refractivity contribution in [2.75, 3.05) is 5.73 Å². The highest BCUT2D eigenvalue weighted by Gasteiger charge is 2.21. The summed E-state index contributed by atoms with van der Waals surface area (Å²) >= 11 is 1.11. The zero-order valence-corrected chi connectivity index (χ0v) is 8.70. The molecule has 2 rings (SSSR count). The van der Waals surface area contributed by atoms with Gasteiger partial charge in [-0.3, -0.25) is 10.1 Å². The van der Waals surface area contributed by atoms with Crippen molar-refractivity contribution < 1.29 is 9.31 Å². The predicted molar refractivity (Wildman–Crippen MR) is 58.6 cm³/mol. The standard InChI is InChI=1S/C9H6FN3O2S/c10-5-2-1-3-7(13(14)15)8(5)6-4-16-9(11)12-6/h1-4H,(H2,11,12). The average molecular weight is 239 g/mol. The van der Waals surface area contributed by atoms with E-state index in [1.165, 1.54) is 17.5 Å². The maximum atomic E-state index is 13.5. The van der Waals surface area contributed by atoms with Gasteiger partial charge in [0, 0.05) is 11.4 Å². The van der Waals surface area contributed by atoms with Gasteiger partial charge in [0.2, 0.25) is 0 Å². The number of nitrogens with zero attached hydrogens (tertiary/aromatic N) is 2. The molecule has 82 valence electrons. The number of thiazole rings is 1. The highest BCUT2D eigenvalue weighted by atomic mass is 32.1. The molecule has 0 bridgehead atoms. The third-order valence-corrected chi connectivity index (χ3v) is 2.64. The quantitative estimate of drug-likeness (QED) is 0.644. The Balaban J connectivity index is 2.67. The maximum Gasteiger partial charge on any atom is 0.281 e. The first kappa shape index (κ1) is 10.5. The average Bonchev–Trinajstić information content (AvgIpc) is 2.64. The molecular formula is C9H6FN3O2S. The fourth-order valence-corrected chi connectivity index (χ4v) is 1.87. The van der Waals surface area contributed by atoms with Crippen molar-refractivity contribution in [1.82, 2.24) is 4.98 Å². The van der Waals surface area contributed by atoms with E-state index in [1.54, 1.807) is 0 Å². The zero-order chi connectivity index (χ0) is 11.7. The molecule has 0 radical (unpaired) electrons. The van der Waals surface area contributed by atoms with Crippen LogP contribution in [-0.4, -0.2) is 9.91 Å². The van der Waals surface area contributed by atoms with Gasteiger partial charge in [0.15, 0.2) is 5.13 Å². The van der Waals surface area contributed by atoms with Crippen molar-refractivity contribution in [3.8, 4) is 11.3 Å². The van der Waals surface area contributed by atoms with Crippen LogP contribution in [0, 0.1) is 15.9 Å². The normalized spacial score (nSPS) is 10.3. The summed E-state index contributed by atoms with van der Waals surface area (Å²) in [5, 5.41) is 12.5. The van der Waals surface area contributed by atoms with Gasteiger partial charge in [-0.25, -0.2) is 9.37 Å². The summed E-state index contributed by atoms with van der Waals surface area (Å²) in [6, 6.07) is 3.67. The molecule has 0 saturated heterocycles. The van der Waals surface area contributed by atoms with Crippen LogP contribution < -0.4 is 5.73 Å². The van der Waals surface area contributed by atoms with Gasteiger partial charge in [-0.15, -0.1) is 11.3 Å². The number of benzene rings is 1. The zero-order valence-electron chi connectivity index (χ0n) is 7.88. The second-order valence-corrected chi connectivity index (χ2v) is 3.85. The van der Waals surface area contributed by atoms with Gasteiger partial charge in [-0.1, -0.05) is 6.07 Å². The minimum atomic E-state index is -0.681. The van der Waals surface area contributed by atoms with Crippen molar-refractivity contribution in [3.63, 3.8) is 0 Å². The van der Waals surface area contributed by atoms with Gasteiger partial charge in [-0.2, -0.15) is 0 Å². The molecular weight excluding hydrogens is 233 g/mol. The summed E-state index contributed by atoms with van der Waals surface area (Å²) in [5.74, 6) is -0.681. The lowest BCUT2D eigenvalue weighted by Crippen LogP contribution is -1.95. The van der Waals surface area contributed by atoms with Crippen LogP contribution in [0.4, 0.5) is 15.2 Å². The van der Waals surface area contributed by atoms with E-state index < -0.39 is 10.7 Å². The van der Waals surface area contributed by atoms with Gasteiger partial charge < -0.3 is 5.73 Å². The van der Waals surface area contributed by atoms with E-state index in [2.05, 4.69) is 4.98 Å². The smallest absolute Gasteiger partial charge is 0.281 e.